The molecule has 0 bridgehead atoms. The molecule has 0 radical (unpaired) electrons. The van der Waals surface area contributed by atoms with Crippen molar-refractivity contribution in [3.63, 3.8) is 0 Å². The van der Waals surface area contributed by atoms with E-state index >= 15 is 0 Å². The van der Waals surface area contributed by atoms with Gasteiger partial charge in [0.15, 0.2) is 5.82 Å². The molecule has 3 heterocycles. The lowest BCUT2D eigenvalue weighted by Crippen LogP contribution is -2.40. The molecule has 2 aliphatic rings. The Kier molecular flexibility index (Phi) is 6.04. The van der Waals surface area contributed by atoms with E-state index in [4.69, 9.17) is 4.74 Å². The quantitative estimate of drug-likeness (QED) is 0.447. The van der Waals surface area contributed by atoms with Crippen molar-refractivity contribution in [2.45, 2.75) is 52.1 Å². The molecule has 0 aliphatic carbocycles. The summed E-state index contributed by atoms with van der Waals surface area (Å²) in [6.07, 6.45) is -4.90. The maximum atomic E-state index is 13.7. The number of carbonyl (C=O) groups excluding carboxylic acids is 3. The number of fused-ring (bicyclic) bond motifs is 2. The number of carbonyl (C=O) groups is 3. The largest absolute Gasteiger partial charge is 0.444 e. The predicted octanol–water partition coefficient (Wildman–Crippen LogP) is 5.04. The van der Waals surface area contributed by atoms with E-state index in [2.05, 4.69) is 5.10 Å². The summed E-state index contributed by atoms with van der Waals surface area (Å²) in [5.41, 5.74) is -0.152. The Bertz CT molecular complexity index is 1420. The van der Waals surface area contributed by atoms with Gasteiger partial charge in [0.1, 0.15) is 5.60 Å². The highest BCUT2D eigenvalue weighted by Crippen LogP contribution is 2.36. The van der Waals surface area contributed by atoms with Gasteiger partial charge in [0.25, 0.3) is 11.8 Å². The monoisotopic (exact) mass is 526 g/mol. The Morgan fingerprint density at radius 2 is 1.58 bits per heavy atom. The molecule has 38 heavy (non-hydrogen) atoms. The SMILES string of the molecule is CC(C)(C)OC(=O)N1CCc2c(c(N3C(=O)c4ccccc4C3=O)nn2Cc2ccccc2C(F)(F)F)C1. The molecule has 0 N–H and O–H groups in total. The Labute approximate surface area is 216 Å². The molecule has 198 valence electrons. The molecular formula is C27H25F3N4O4. The van der Waals surface area contributed by atoms with Crippen molar-refractivity contribution >= 4 is 23.7 Å². The molecule has 0 saturated carbocycles. The lowest BCUT2D eigenvalue weighted by molar-refractivity contribution is -0.138. The lowest BCUT2D eigenvalue weighted by atomic mass is 10.1. The minimum absolute atomic E-state index is 0.00366. The lowest BCUT2D eigenvalue weighted by Gasteiger charge is -2.30. The van der Waals surface area contributed by atoms with Gasteiger partial charge in [-0.15, -0.1) is 0 Å². The van der Waals surface area contributed by atoms with E-state index in [1.807, 2.05) is 0 Å². The molecule has 0 spiro atoms. The van der Waals surface area contributed by atoms with Gasteiger partial charge in [-0.1, -0.05) is 30.3 Å². The van der Waals surface area contributed by atoms with E-state index in [0.29, 0.717) is 11.3 Å². The summed E-state index contributed by atoms with van der Waals surface area (Å²) in [6.45, 7) is 5.19. The molecule has 0 saturated heterocycles. The number of halogens is 3. The number of hydrogen-bond acceptors (Lipinski definition) is 5. The smallest absolute Gasteiger partial charge is 0.416 e. The van der Waals surface area contributed by atoms with E-state index < -0.39 is 35.2 Å². The Morgan fingerprint density at radius 1 is 0.974 bits per heavy atom. The van der Waals surface area contributed by atoms with Gasteiger partial charge in [-0.05, 0) is 44.5 Å². The third-order valence-corrected chi connectivity index (χ3v) is 6.41. The molecule has 2 aliphatic heterocycles. The zero-order valence-corrected chi connectivity index (χ0v) is 21.0. The van der Waals surface area contributed by atoms with Gasteiger partial charge in [0.2, 0.25) is 0 Å². The van der Waals surface area contributed by atoms with Gasteiger partial charge in [-0.2, -0.15) is 18.3 Å². The Hall–Kier alpha value is -4.15. The topological polar surface area (TPSA) is 84.7 Å². The van der Waals surface area contributed by atoms with E-state index in [1.54, 1.807) is 32.9 Å². The summed E-state index contributed by atoms with van der Waals surface area (Å²) < 4.78 is 47.9. The second-order valence-electron chi connectivity index (χ2n) is 10.2. The minimum atomic E-state index is -4.57. The zero-order chi connectivity index (χ0) is 27.4. The summed E-state index contributed by atoms with van der Waals surface area (Å²) in [5.74, 6) is -1.16. The van der Waals surface area contributed by atoms with Crippen molar-refractivity contribution in [3.8, 4) is 0 Å². The number of ether oxygens (including phenoxy) is 1. The number of aromatic nitrogens is 2. The fourth-order valence-corrected chi connectivity index (χ4v) is 4.74. The van der Waals surface area contributed by atoms with Crippen LogP contribution >= 0.6 is 0 Å². The van der Waals surface area contributed by atoms with Crippen molar-refractivity contribution in [1.29, 1.82) is 0 Å². The predicted molar refractivity (Wildman–Crippen MR) is 131 cm³/mol. The zero-order valence-electron chi connectivity index (χ0n) is 21.0. The normalized spacial score (nSPS) is 15.5. The van der Waals surface area contributed by atoms with Gasteiger partial charge in [0, 0.05) is 24.2 Å². The number of alkyl halides is 3. The van der Waals surface area contributed by atoms with Crippen molar-refractivity contribution in [1.82, 2.24) is 14.7 Å². The standard InChI is InChI=1S/C27H25F3N4O4/c1-26(2,3)38-25(37)32-13-12-21-19(15-32)22(34-23(35)17-9-5-6-10-18(17)24(34)36)31-33(21)14-16-8-4-7-11-20(16)27(28,29)30/h4-11H,12-15H2,1-3H3. The molecule has 3 amide bonds. The van der Waals surface area contributed by atoms with E-state index in [1.165, 1.54) is 39.9 Å². The van der Waals surface area contributed by atoms with Gasteiger partial charge >= 0.3 is 12.3 Å². The molecule has 0 atom stereocenters. The molecule has 0 unspecified atom stereocenters. The first-order chi connectivity index (χ1) is 17.8. The van der Waals surface area contributed by atoms with Crippen LogP contribution in [0.3, 0.4) is 0 Å². The van der Waals surface area contributed by atoms with Crippen molar-refractivity contribution in [3.05, 3.63) is 82.0 Å². The van der Waals surface area contributed by atoms with Gasteiger partial charge in [0.05, 0.1) is 29.8 Å². The fourth-order valence-electron chi connectivity index (χ4n) is 4.74. The number of hydrogen-bond donors (Lipinski definition) is 0. The molecule has 1 aromatic heterocycles. The highest BCUT2D eigenvalue weighted by atomic mass is 19.4. The summed E-state index contributed by atoms with van der Waals surface area (Å²) in [4.78, 5) is 41.7. The molecule has 2 aromatic carbocycles. The summed E-state index contributed by atoms with van der Waals surface area (Å²) in [6, 6.07) is 11.5. The number of nitrogens with zero attached hydrogens (tertiary/aromatic N) is 4. The third-order valence-electron chi connectivity index (χ3n) is 6.41. The number of amides is 3. The molecular weight excluding hydrogens is 501 g/mol. The first-order valence-corrected chi connectivity index (χ1v) is 12.0. The number of benzene rings is 2. The van der Waals surface area contributed by atoms with Crippen molar-refractivity contribution in [2.24, 2.45) is 0 Å². The summed E-state index contributed by atoms with van der Waals surface area (Å²) in [7, 11) is 0. The number of anilines is 1. The Balaban J connectivity index is 1.58. The highest BCUT2D eigenvalue weighted by molar-refractivity contribution is 6.34. The summed E-state index contributed by atoms with van der Waals surface area (Å²) in [5, 5.41) is 4.50. The molecule has 11 heteroatoms. The van der Waals surface area contributed by atoms with E-state index in [9.17, 15) is 27.6 Å². The van der Waals surface area contributed by atoms with Crippen LogP contribution in [0.5, 0.6) is 0 Å². The number of rotatable bonds is 3. The second-order valence-corrected chi connectivity index (χ2v) is 10.2. The summed E-state index contributed by atoms with van der Waals surface area (Å²) >= 11 is 0. The maximum absolute atomic E-state index is 13.7. The molecule has 8 nitrogen and oxygen atoms in total. The first-order valence-electron chi connectivity index (χ1n) is 12.0. The third kappa shape index (κ3) is 4.52. The average Bonchev–Trinajstić information content (AvgIpc) is 3.31. The van der Waals surface area contributed by atoms with E-state index in [-0.39, 0.29) is 48.6 Å². The first kappa shape index (κ1) is 25.5. The Morgan fingerprint density at radius 3 is 2.18 bits per heavy atom. The van der Waals surface area contributed by atoms with Crippen LogP contribution < -0.4 is 4.90 Å². The van der Waals surface area contributed by atoms with Crippen LogP contribution in [0.1, 0.15) is 63.9 Å². The highest BCUT2D eigenvalue weighted by Gasteiger charge is 2.42. The van der Waals surface area contributed by atoms with Gasteiger partial charge in [-0.25, -0.2) is 9.69 Å². The van der Waals surface area contributed by atoms with Crippen molar-refractivity contribution < 1.29 is 32.3 Å². The van der Waals surface area contributed by atoms with Crippen LogP contribution in [0.4, 0.5) is 23.8 Å². The van der Waals surface area contributed by atoms with Crippen LogP contribution in [0.15, 0.2) is 48.5 Å². The fraction of sp³-hybridized carbons (Fsp3) is 0.333. The minimum Gasteiger partial charge on any atom is -0.444 e. The van der Waals surface area contributed by atoms with Crippen LogP contribution in [-0.4, -0.2) is 44.7 Å². The van der Waals surface area contributed by atoms with Gasteiger partial charge < -0.3 is 9.64 Å². The maximum Gasteiger partial charge on any atom is 0.416 e. The van der Waals surface area contributed by atoms with Crippen LogP contribution in [0.2, 0.25) is 0 Å². The second kappa shape index (κ2) is 9.00. The number of imide groups is 1. The van der Waals surface area contributed by atoms with Crippen molar-refractivity contribution in [2.75, 3.05) is 11.4 Å². The van der Waals surface area contributed by atoms with Gasteiger partial charge in [-0.3, -0.25) is 14.3 Å². The average molecular weight is 527 g/mol. The molecule has 0 fully saturated rings. The van der Waals surface area contributed by atoms with E-state index in [0.717, 1.165) is 11.0 Å². The molecule has 3 aromatic rings. The molecule has 5 rings (SSSR count). The van der Waals surface area contributed by atoms with Crippen LogP contribution in [0, 0.1) is 0 Å². The van der Waals surface area contributed by atoms with Crippen LogP contribution in [0.25, 0.3) is 0 Å². The van der Waals surface area contributed by atoms with Crippen LogP contribution in [-0.2, 0) is 30.4 Å².